The van der Waals surface area contributed by atoms with Crippen LogP contribution in [0.15, 0.2) is 48.5 Å². The van der Waals surface area contributed by atoms with E-state index in [-0.39, 0.29) is 5.97 Å². The number of nitrogens with one attached hydrogen (secondary N) is 1. The van der Waals surface area contributed by atoms with Gasteiger partial charge in [0.1, 0.15) is 5.01 Å². The van der Waals surface area contributed by atoms with Crippen LogP contribution < -0.4 is 5.32 Å². The summed E-state index contributed by atoms with van der Waals surface area (Å²) in [5, 5.41) is 14.0. The Labute approximate surface area is 212 Å². The molecule has 1 heterocycles. The monoisotopic (exact) mass is 501 g/mol. The fraction of sp³-hybridized carbons (Fsp3) is 0.444. The Balaban J connectivity index is 0.000000259. The molecule has 0 saturated heterocycles. The lowest BCUT2D eigenvalue weighted by Gasteiger charge is -2.14. The summed E-state index contributed by atoms with van der Waals surface area (Å²) in [4.78, 5) is 11.1. The van der Waals surface area contributed by atoms with Crippen LogP contribution in [-0.2, 0) is 9.53 Å². The molecule has 1 aromatic heterocycles. The molecule has 0 aliphatic heterocycles. The molecule has 0 aliphatic rings. The summed E-state index contributed by atoms with van der Waals surface area (Å²) in [6.07, 6.45) is 6.20. The molecule has 0 spiro atoms. The summed E-state index contributed by atoms with van der Waals surface area (Å²) in [6.45, 7) is 9.04. The van der Waals surface area contributed by atoms with E-state index in [1.165, 1.54) is 36.2 Å². The highest BCUT2D eigenvalue weighted by Crippen LogP contribution is 2.30. The van der Waals surface area contributed by atoms with Crippen molar-refractivity contribution in [3.8, 4) is 10.6 Å². The number of unbranched alkanes of at least 4 members (excludes halogenated alkanes) is 1. The molecule has 1 unspecified atom stereocenters. The van der Waals surface area contributed by atoms with Gasteiger partial charge in [0.15, 0.2) is 0 Å². The number of rotatable bonds is 11. The minimum Gasteiger partial charge on any atom is -0.465 e. The number of nitrogens with zero attached hydrogens (tertiary/aromatic N) is 2. The van der Waals surface area contributed by atoms with Crippen molar-refractivity contribution in [2.75, 3.05) is 11.9 Å². The normalized spacial score (nSPS) is 11.3. The van der Waals surface area contributed by atoms with Gasteiger partial charge in [0.2, 0.25) is 5.13 Å². The molecule has 2 aromatic carbocycles. The van der Waals surface area contributed by atoms with Crippen molar-refractivity contribution in [2.45, 2.75) is 66.2 Å². The molecule has 3 rings (SSSR count). The fourth-order valence-electron chi connectivity index (χ4n) is 3.24. The predicted octanol–water partition coefficient (Wildman–Crippen LogP) is 8.46. The zero-order valence-electron chi connectivity index (χ0n) is 20.6. The third-order valence-electron chi connectivity index (χ3n) is 5.37. The average molecular weight is 502 g/mol. The van der Waals surface area contributed by atoms with Gasteiger partial charge in [-0.15, -0.1) is 10.2 Å². The molecule has 1 N–H and O–H groups in total. The smallest absolute Gasteiger partial charge is 0.305 e. The number of hydrogen-bond acceptors (Lipinski definition) is 6. The quantitative estimate of drug-likeness (QED) is 0.267. The van der Waals surface area contributed by atoms with E-state index >= 15 is 0 Å². The molecule has 0 saturated carbocycles. The fourth-order valence-corrected chi connectivity index (χ4v) is 4.22. The number of halogens is 1. The Morgan fingerprint density at radius 2 is 1.79 bits per heavy atom. The van der Waals surface area contributed by atoms with E-state index in [1.807, 2.05) is 43.3 Å². The summed E-state index contributed by atoms with van der Waals surface area (Å²) >= 11 is 7.40. The van der Waals surface area contributed by atoms with Crippen LogP contribution in [0.5, 0.6) is 0 Å². The molecule has 0 radical (unpaired) electrons. The molecule has 5 nitrogen and oxygen atoms in total. The molecule has 0 bridgehead atoms. The predicted molar refractivity (Wildman–Crippen MR) is 144 cm³/mol. The molecule has 3 aromatic rings. The first-order valence-corrected chi connectivity index (χ1v) is 13.2. The first-order chi connectivity index (χ1) is 16.5. The van der Waals surface area contributed by atoms with E-state index in [2.05, 4.69) is 48.4 Å². The summed E-state index contributed by atoms with van der Waals surface area (Å²) in [7, 11) is 0. The van der Waals surface area contributed by atoms with Gasteiger partial charge in [-0.1, -0.05) is 87.2 Å². The Kier molecular flexibility index (Phi) is 12.6. The zero-order chi connectivity index (χ0) is 24.8. The van der Waals surface area contributed by atoms with Crippen LogP contribution in [0.1, 0.15) is 64.9 Å². The highest BCUT2D eigenvalue weighted by atomic mass is 35.5. The van der Waals surface area contributed by atoms with E-state index in [1.54, 1.807) is 0 Å². The molecule has 34 heavy (non-hydrogen) atoms. The number of hydrogen-bond donors (Lipinski definition) is 1. The van der Waals surface area contributed by atoms with Gasteiger partial charge in [0.05, 0.1) is 6.61 Å². The van der Waals surface area contributed by atoms with Gasteiger partial charge in [0.25, 0.3) is 0 Å². The largest absolute Gasteiger partial charge is 0.465 e. The van der Waals surface area contributed by atoms with Gasteiger partial charge in [-0.25, -0.2) is 0 Å². The third-order valence-corrected chi connectivity index (χ3v) is 6.50. The minimum absolute atomic E-state index is 0.0394. The summed E-state index contributed by atoms with van der Waals surface area (Å²) in [6, 6.07) is 15.7. The van der Waals surface area contributed by atoms with Gasteiger partial charge in [-0.3, -0.25) is 4.79 Å². The van der Waals surface area contributed by atoms with Gasteiger partial charge in [-0.05, 0) is 55.5 Å². The molecule has 0 amide bonds. The van der Waals surface area contributed by atoms with Crippen molar-refractivity contribution in [1.29, 1.82) is 0 Å². The van der Waals surface area contributed by atoms with Crippen LogP contribution >= 0.6 is 22.9 Å². The second kappa shape index (κ2) is 15.5. The summed E-state index contributed by atoms with van der Waals surface area (Å²) in [5.41, 5.74) is 3.26. The Morgan fingerprint density at radius 3 is 2.44 bits per heavy atom. The van der Waals surface area contributed by atoms with Crippen molar-refractivity contribution in [1.82, 2.24) is 10.2 Å². The first kappa shape index (κ1) is 27.8. The maximum atomic E-state index is 11.1. The molecule has 0 aliphatic carbocycles. The molecule has 184 valence electrons. The standard InChI is InChI=1S/C15H12ClN3S.C12H24O2/c1-10-4-2-3-5-13(10)14-18-19-15(20-14)17-12-8-6-11(16)7-9-12;1-4-7-9-11(6-3)10-14-12(13)8-5-2/h2-9H,1H3,(H,17,19);11H,4-10H2,1-3H3. The zero-order valence-corrected chi connectivity index (χ0v) is 22.2. The lowest BCUT2D eigenvalue weighted by molar-refractivity contribution is -0.145. The van der Waals surface area contributed by atoms with Crippen LogP contribution in [0, 0.1) is 12.8 Å². The van der Waals surface area contributed by atoms with Crippen LogP contribution in [0.3, 0.4) is 0 Å². The maximum Gasteiger partial charge on any atom is 0.305 e. The summed E-state index contributed by atoms with van der Waals surface area (Å²) < 4.78 is 5.19. The second-order valence-electron chi connectivity index (χ2n) is 8.21. The van der Waals surface area contributed by atoms with Crippen molar-refractivity contribution in [3.05, 3.63) is 59.1 Å². The van der Waals surface area contributed by atoms with Crippen molar-refractivity contribution in [2.24, 2.45) is 5.92 Å². The van der Waals surface area contributed by atoms with Gasteiger partial charge < -0.3 is 10.1 Å². The van der Waals surface area contributed by atoms with E-state index < -0.39 is 0 Å². The first-order valence-electron chi connectivity index (χ1n) is 12.0. The number of aryl methyl sites for hydroxylation is 1. The lowest BCUT2D eigenvalue weighted by atomic mass is 10.0. The number of carbonyl (C=O) groups excluding carboxylic acids is 1. The van der Waals surface area contributed by atoms with Crippen molar-refractivity contribution in [3.63, 3.8) is 0 Å². The Morgan fingerprint density at radius 1 is 1.06 bits per heavy atom. The SMILES string of the molecule is CCCCC(CC)COC(=O)CCC.Cc1ccccc1-c1nnc(Nc2ccc(Cl)cc2)s1. The molecular weight excluding hydrogens is 466 g/mol. The van der Waals surface area contributed by atoms with E-state index in [4.69, 9.17) is 16.3 Å². The number of ether oxygens (including phenoxy) is 1. The number of benzene rings is 2. The van der Waals surface area contributed by atoms with Gasteiger partial charge in [0, 0.05) is 22.7 Å². The number of anilines is 2. The number of aromatic nitrogens is 2. The van der Waals surface area contributed by atoms with Crippen molar-refractivity contribution < 1.29 is 9.53 Å². The van der Waals surface area contributed by atoms with Gasteiger partial charge >= 0.3 is 5.97 Å². The molecule has 7 heteroatoms. The van der Waals surface area contributed by atoms with Crippen LogP contribution in [-0.4, -0.2) is 22.8 Å². The number of carbonyl (C=O) groups is 1. The van der Waals surface area contributed by atoms with E-state index in [9.17, 15) is 4.79 Å². The van der Waals surface area contributed by atoms with Crippen molar-refractivity contribution >= 4 is 39.7 Å². The van der Waals surface area contributed by atoms with Crippen LogP contribution in [0.25, 0.3) is 10.6 Å². The Hall–Kier alpha value is -2.44. The number of esters is 1. The molecular formula is C27H36ClN3O2S. The third kappa shape index (κ3) is 9.82. The van der Waals surface area contributed by atoms with Gasteiger partial charge in [-0.2, -0.15) is 0 Å². The maximum absolute atomic E-state index is 11.1. The lowest BCUT2D eigenvalue weighted by Crippen LogP contribution is -2.13. The van der Waals surface area contributed by atoms with E-state index in [0.717, 1.165) is 34.2 Å². The average Bonchev–Trinajstić information content (AvgIpc) is 3.30. The van der Waals surface area contributed by atoms with E-state index in [0.29, 0.717) is 24.0 Å². The topological polar surface area (TPSA) is 64.1 Å². The summed E-state index contributed by atoms with van der Waals surface area (Å²) in [5.74, 6) is 0.526. The molecule has 1 atom stereocenters. The van der Waals surface area contributed by atoms with Crippen LogP contribution in [0.4, 0.5) is 10.8 Å². The van der Waals surface area contributed by atoms with Crippen LogP contribution in [0.2, 0.25) is 5.02 Å². The minimum atomic E-state index is -0.0394. The highest BCUT2D eigenvalue weighted by Gasteiger charge is 2.10. The highest BCUT2D eigenvalue weighted by molar-refractivity contribution is 7.18. The Bertz CT molecular complexity index is 992. The molecule has 0 fully saturated rings. The second-order valence-corrected chi connectivity index (χ2v) is 9.62.